The topological polar surface area (TPSA) is 42.0 Å². The molecule has 1 aromatic rings. The summed E-state index contributed by atoms with van der Waals surface area (Å²) in [6, 6.07) is 5.22. The van der Waals surface area contributed by atoms with Crippen LogP contribution in [0.15, 0.2) is 18.2 Å². The van der Waals surface area contributed by atoms with E-state index in [2.05, 4.69) is 11.9 Å². The first-order chi connectivity index (χ1) is 12.0. The van der Waals surface area contributed by atoms with Crippen LogP contribution >= 0.6 is 11.6 Å². The van der Waals surface area contributed by atoms with E-state index in [1.807, 2.05) is 4.90 Å². The van der Waals surface area contributed by atoms with E-state index in [-0.39, 0.29) is 11.3 Å². The van der Waals surface area contributed by atoms with Crippen LogP contribution in [0.5, 0.6) is 5.75 Å². The molecule has 2 aliphatic rings. The molecule has 1 aromatic carbocycles. The number of benzene rings is 1. The third-order valence-corrected chi connectivity index (χ3v) is 6.13. The summed E-state index contributed by atoms with van der Waals surface area (Å²) in [4.78, 5) is 17.2. The Morgan fingerprint density at radius 2 is 2.04 bits per heavy atom. The number of hydrogen-bond donors (Lipinski definition) is 0. The van der Waals surface area contributed by atoms with Crippen LogP contribution in [-0.2, 0) is 4.74 Å². The van der Waals surface area contributed by atoms with E-state index in [0.717, 1.165) is 45.6 Å². The highest BCUT2D eigenvalue weighted by Crippen LogP contribution is 2.44. The van der Waals surface area contributed by atoms with Crippen molar-refractivity contribution >= 4 is 17.5 Å². The van der Waals surface area contributed by atoms with Gasteiger partial charge in [-0.25, -0.2) is 0 Å². The molecule has 0 bridgehead atoms. The molecule has 0 aromatic heterocycles. The quantitative estimate of drug-likeness (QED) is 0.821. The maximum absolute atomic E-state index is 12.9. The Hall–Kier alpha value is -1.30. The Kier molecular flexibility index (Phi) is 5.56. The lowest BCUT2D eigenvalue weighted by molar-refractivity contribution is 0.0325. The van der Waals surface area contributed by atoms with Crippen LogP contribution in [0.2, 0.25) is 5.02 Å². The summed E-state index contributed by atoms with van der Waals surface area (Å²) in [5, 5.41) is 0.476. The zero-order valence-corrected chi connectivity index (χ0v) is 16.0. The minimum atomic E-state index is -0.00612. The number of methoxy groups -OCH3 is 2. The Morgan fingerprint density at radius 3 is 2.68 bits per heavy atom. The molecule has 2 heterocycles. The zero-order valence-electron chi connectivity index (χ0n) is 15.3. The first-order valence-electron chi connectivity index (χ1n) is 8.79. The Balaban J connectivity index is 1.71. The maximum Gasteiger partial charge on any atom is 0.255 e. The minimum Gasteiger partial charge on any atom is -0.497 e. The first kappa shape index (κ1) is 18.5. The molecule has 3 rings (SSSR count). The summed E-state index contributed by atoms with van der Waals surface area (Å²) in [6.07, 6.45) is 2.03. The number of likely N-dealkylation sites (tertiary alicyclic amines) is 2. The van der Waals surface area contributed by atoms with Gasteiger partial charge in [0, 0.05) is 39.2 Å². The number of halogens is 1. The van der Waals surface area contributed by atoms with Crippen LogP contribution in [0.25, 0.3) is 0 Å². The molecule has 2 fully saturated rings. The van der Waals surface area contributed by atoms with Gasteiger partial charge in [0.15, 0.2) is 0 Å². The number of nitrogens with zero attached hydrogens (tertiary/aromatic N) is 2. The highest BCUT2D eigenvalue weighted by molar-refractivity contribution is 6.33. The summed E-state index contributed by atoms with van der Waals surface area (Å²) in [5.41, 5.74) is 0.786. The predicted molar refractivity (Wildman–Crippen MR) is 98.4 cm³/mol. The molecule has 0 saturated carbocycles. The molecule has 0 radical (unpaired) electrons. The van der Waals surface area contributed by atoms with Gasteiger partial charge in [-0.1, -0.05) is 11.6 Å². The Labute approximate surface area is 154 Å². The van der Waals surface area contributed by atoms with Gasteiger partial charge in [-0.2, -0.15) is 0 Å². The lowest BCUT2D eigenvalue weighted by Crippen LogP contribution is -2.47. The second-order valence-electron chi connectivity index (χ2n) is 7.35. The summed E-state index contributed by atoms with van der Waals surface area (Å²) in [7, 11) is 5.54. The summed E-state index contributed by atoms with van der Waals surface area (Å²) < 4.78 is 10.7. The van der Waals surface area contributed by atoms with Gasteiger partial charge in [-0.05, 0) is 43.5 Å². The molecular weight excluding hydrogens is 340 g/mol. The van der Waals surface area contributed by atoms with Crippen molar-refractivity contribution in [2.45, 2.75) is 12.8 Å². The largest absolute Gasteiger partial charge is 0.497 e. The van der Waals surface area contributed by atoms with Crippen LogP contribution < -0.4 is 4.74 Å². The number of carbonyl (C=O) groups is 1. The van der Waals surface area contributed by atoms with Gasteiger partial charge in [0.25, 0.3) is 5.91 Å². The van der Waals surface area contributed by atoms with Gasteiger partial charge in [0.1, 0.15) is 5.75 Å². The van der Waals surface area contributed by atoms with Crippen LogP contribution in [0, 0.1) is 11.3 Å². The zero-order chi connectivity index (χ0) is 18.0. The summed E-state index contributed by atoms with van der Waals surface area (Å²) in [5.74, 6) is 1.19. The third kappa shape index (κ3) is 3.64. The molecule has 2 aliphatic heterocycles. The van der Waals surface area contributed by atoms with Crippen LogP contribution in [0.4, 0.5) is 0 Å². The van der Waals surface area contributed by atoms with Gasteiger partial charge >= 0.3 is 0 Å². The van der Waals surface area contributed by atoms with E-state index in [1.54, 1.807) is 32.4 Å². The summed E-state index contributed by atoms with van der Waals surface area (Å²) >= 11 is 6.25. The van der Waals surface area contributed by atoms with Crippen molar-refractivity contribution in [3.63, 3.8) is 0 Å². The normalized spacial score (nSPS) is 23.2. The molecule has 1 amide bonds. The van der Waals surface area contributed by atoms with Crippen molar-refractivity contribution in [1.82, 2.24) is 9.80 Å². The molecule has 1 atom stereocenters. The number of carbonyl (C=O) groups excluding carboxylic acids is 1. The lowest BCUT2D eigenvalue weighted by Gasteiger charge is -2.42. The molecular formula is C19H27ClN2O3. The first-order valence-corrected chi connectivity index (χ1v) is 9.17. The fourth-order valence-corrected chi connectivity index (χ4v) is 4.62. The van der Waals surface area contributed by atoms with Gasteiger partial charge in [0.2, 0.25) is 0 Å². The van der Waals surface area contributed by atoms with E-state index >= 15 is 0 Å². The van der Waals surface area contributed by atoms with Gasteiger partial charge < -0.3 is 19.3 Å². The highest BCUT2D eigenvalue weighted by Gasteiger charge is 2.47. The number of hydrogen-bond acceptors (Lipinski definition) is 4. The SMILES string of the molecule is COC[C@@H]1CN(C)CC12CCN(C(=O)c1cc(OC)ccc1Cl)CC2. The molecule has 2 saturated heterocycles. The van der Waals surface area contributed by atoms with Crippen molar-refractivity contribution in [3.8, 4) is 5.75 Å². The standard InChI is InChI=1S/C19H27ClN2O3/c1-21-11-14(12-24-2)19(13-21)6-8-22(9-7-19)18(23)16-10-15(25-3)4-5-17(16)20/h4-5,10,14H,6-9,11-13H2,1-3H3/t14-/m0/s1. The van der Waals surface area contributed by atoms with E-state index < -0.39 is 0 Å². The minimum absolute atomic E-state index is 0.00612. The Morgan fingerprint density at radius 1 is 1.32 bits per heavy atom. The van der Waals surface area contributed by atoms with Crippen molar-refractivity contribution in [3.05, 3.63) is 28.8 Å². The molecule has 0 aliphatic carbocycles. The highest BCUT2D eigenvalue weighted by atomic mass is 35.5. The number of ether oxygens (including phenoxy) is 2. The number of amides is 1. The van der Waals surface area contributed by atoms with E-state index in [4.69, 9.17) is 21.1 Å². The maximum atomic E-state index is 12.9. The fourth-order valence-electron chi connectivity index (χ4n) is 4.42. The average molecular weight is 367 g/mol. The van der Waals surface area contributed by atoms with Crippen molar-refractivity contribution < 1.29 is 14.3 Å². The van der Waals surface area contributed by atoms with Crippen molar-refractivity contribution in [2.24, 2.45) is 11.3 Å². The number of rotatable bonds is 4. The van der Waals surface area contributed by atoms with Crippen LogP contribution in [0.1, 0.15) is 23.2 Å². The average Bonchev–Trinajstić information content (AvgIpc) is 2.91. The summed E-state index contributed by atoms with van der Waals surface area (Å²) in [6.45, 7) is 4.48. The molecule has 0 unspecified atom stereocenters. The monoisotopic (exact) mass is 366 g/mol. The smallest absolute Gasteiger partial charge is 0.255 e. The van der Waals surface area contributed by atoms with Gasteiger partial charge in [0.05, 0.1) is 24.3 Å². The molecule has 1 spiro atoms. The third-order valence-electron chi connectivity index (χ3n) is 5.80. The molecule has 0 N–H and O–H groups in total. The second kappa shape index (κ2) is 7.52. The van der Waals surface area contributed by atoms with Gasteiger partial charge in [-0.3, -0.25) is 4.79 Å². The van der Waals surface area contributed by atoms with Crippen molar-refractivity contribution in [1.29, 1.82) is 0 Å². The number of piperidine rings is 1. The molecule has 5 nitrogen and oxygen atoms in total. The van der Waals surface area contributed by atoms with E-state index in [9.17, 15) is 4.79 Å². The van der Waals surface area contributed by atoms with Crippen LogP contribution in [-0.4, -0.2) is 69.8 Å². The van der Waals surface area contributed by atoms with E-state index in [1.165, 1.54) is 0 Å². The predicted octanol–water partition coefficient (Wildman–Crippen LogP) is 2.78. The fraction of sp³-hybridized carbons (Fsp3) is 0.632. The Bertz CT molecular complexity index is 629. The molecule has 138 valence electrons. The van der Waals surface area contributed by atoms with Crippen LogP contribution in [0.3, 0.4) is 0 Å². The van der Waals surface area contributed by atoms with Crippen molar-refractivity contribution in [2.75, 3.05) is 54.1 Å². The molecule has 25 heavy (non-hydrogen) atoms. The lowest BCUT2D eigenvalue weighted by atomic mass is 9.71. The molecule has 6 heteroatoms. The second-order valence-corrected chi connectivity index (χ2v) is 7.76. The van der Waals surface area contributed by atoms with Gasteiger partial charge in [-0.15, -0.1) is 0 Å². The van der Waals surface area contributed by atoms with E-state index in [0.29, 0.717) is 22.3 Å².